The van der Waals surface area contributed by atoms with E-state index in [4.69, 9.17) is 9.84 Å². The van der Waals surface area contributed by atoms with E-state index in [1.165, 1.54) is 0 Å². The van der Waals surface area contributed by atoms with Gasteiger partial charge >= 0.3 is 5.97 Å². The molecule has 19 heavy (non-hydrogen) atoms. The number of hydrogen-bond donors (Lipinski definition) is 1. The van der Waals surface area contributed by atoms with Crippen molar-refractivity contribution in [1.82, 2.24) is 4.90 Å². The van der Waals surface area contributed by atoms with Crippen LogP contribution in [0.5, 0.6) is 0 Å². The molecule has 0 aliphatic carbocycles. The zero-order valence-corrected chi connectivity index (χ0v) is 11.2. The first-order chi connectivity index (χ1) is 9.25. The van der Waals surface area contributed by atoms with E-state index in [9.17, 15) is 4.79 Å². The van der Waals surface area contributed by atoms with Crippen LogP contribution in [0.1, 0.15) is 17.5 Å². The van der Waals surface area contributed by atoms with Crippen molar-refractivity contribution in [3.05, 3.63) is 35.4 Å². The number of morpholine rings is 1. The Hall–Kier alpha value is -1.39. The molecule has 1 saturated heterocycles. The van der Waals surface area contributed by atoms with Crippen LogP contribution >= 0.6 is 0 Å². The molecule has 1 N–H and O–H groups in total. The lowest BCUT2D eigenvalue weighted by atomic mass is 10.0. The van der Waals surface area contributed by atoms with Gasteiger partial charge in [-0.2, -0.15) is 0 Å². The summed E-state index contributed by atoms with van der Waals surface area (Å²) in [5.41, 5.74) is 2.11. The third-order valence-corrected chi connectivity index (χ3v) is 3.48. The van der Waals surface area contributed by atoms with Crippen LogP contribution in [0.25, 0.3) is 0 Å². The number of hydrogen-bond acceptors (Lipinski definition) is 3. The zero-order chi connectivity index (χ0) is 13.5. The molecule has 0 saturated carbocycles. The van der Waals surface area contributed by atoms with Gasteiger partial charge in [0.2, 0.25) is 0 Å². The number of ether oxygens (including phenoxy) is 1. The van der Waals surface area contributed by atoms with Crippen molar-refractivity contribution in [2.24, 2.45) is 0 Å². The second kappa shape index (κ2) is 7.26. The number of rotatable bonds is 6. The molecule has 0 aromatic heterocycles. The van der Waals surface area contributed by atoms with Crippen molar-refractivity contribution in [1.29, 1.82) is 0 Å². The van der Waals surface area contributed by atoms with Gasteiger partial charge in [-0.05, 0) is 30.5 Å². The SMILES string of the molecule is O=C(O)Cc1ccccc1CCCN1CCOCC1. The average molecular weight is 263 g/mol. The third-order valence-electron chi connectivity index (χ3n) is 3.48. The lowest BCUT2D eigenvalue weighted by Crippen LogP contribution is -2.36. The lowest BCUT2D eigenvalue weighted by Gasteiger charge is -2.26. The minimum Gasteiger partial charge on any atom is -0.481 e. The molecule has 0 unspecified atom stereocenters. The van der Waals surface area contributed by atoms with Gasteiger partial charge < -0.3 is 9.84 Å². The summed E-state index contributed by atoms with van der Waals surface area (Å²) in [6, 6.07) is 7.84. The summed E-state index contributed by atoms with van der Waals surface area (Å²) in [7, 11) is 0. The number of benzene rings is 1. The molecule has 1 heterocycles. The van der Waals surface area contributed by atoms with Crippen molar-refractivity contribution in [3.8, 4) is 0 Å². The van der Waals surface area contributed by atoms with Gasteiger partial charge in [0.15, 0.2) is 0 Å². The summed E-state index contributed by atoms with van der Waals surface area (Å²) in [4.78, 5) is 13.2. The molecule has 104 valence electrons. The van der Waals surface area contributed by atoms with E-state index in [0.717, 1.165) is 56.8 Å². The highest BCUT2D eigenvalue weighted by molar-refractivity contribution is 5.70. The summed E-state index contributed by atoms with van der Waals surface area (Å²) in [5, 5.41) is 8.90. The number of carbonyl (C=O) groups is 1. The highest BCUT2D eigenvalue weighted by Gasteiger charge is 2.10. The van der Waals surface area contributed by atoms with E-state index < -0.39 is 5.97 Å². The Morgan fingerprint density at radius 2 is 1.89 bits per heavy atom. The van der Waals surface area contributed by atoms with Crippen LogP contribution in [0.4, 0.5) is 0 Å². The maximum absolute atomic E-state index is 10.8. The number of carboxylic acid groups (broad SMARTS) is 1. The van der Waals surface area contributed by atoms with E-state index in [2.05, 4.69) is 4.90 Å². The molecule has 2 rings (SSSR count). The van der Waals surface area contributed by atoms with Crippen molar-refractivity contribution >= 4 is 5.97 Å². The molecule has 1 aromatic rings. The number of aryl methyl sites for hydroxylation is 1. The van der Waals surface area contributed by atoms with Crippen LogP contribution < -0.4 is 0 Å². The Morgan fingerprint density at radius 3 is 2.58 bits per heavy atom. The van der Waals surface area contributed by atoms with Crippen LogP contribution in [0.2, 0.25) is 0 Å². The first kappa shape index (κ1) is 14.0. The molecule has 1 aliphatic heterocycles. The molecule has 4 heteroatoms. The van der Waals surface area contributed by atoms with Crippen molar-refractivity contribution in [2.45, 2.75) is 19.3 Å². The molecule has 4 nitrogen and oxygen atoms in total. The van der Waals surface area contributed by atoms with Gasteiger partial charge in [-0.25, -0.2) is 0 Å². The quantitative estimate of drug-likeness (QED) is 0.846. The Kier molecular flexibility index (Phi) is 5.36. The second-order valence-corrected chi connectivity index (χ2v) is 4.90. The molecule has 0 atom stereocenters. The van der Waals surface area contributed by atoms with E-state index in [1.807, 2.05) is 24.3 Å². The fraction of sp³-hybridized carbons (Fsp3) is 0.533. The van der Waals surface area contributed by atoms with Crippen molar-refractivity contribution in [2.75, 3.05) is 32.8 Å². The first-order valence-electron chi connectivity index (χ1n) is 6.84. The zero-order valence-electron chi connectivity index (χ0n) is 11.2. The summed E-state index contributed by atoms with van der Waals surface area (Å²) < 4.78 is 5.32. The van der Waals surface area contributed by atoms with Crippen LogP contribution in [0.3, 0.4) is 0 Å². The van der Waals surface area contributed by atoms with Crippen LogP contribution in [-0.2, 0) is 22.4 Å². The fourth-order valence-electron chi connectivity index (χ4n) is 2.45. The number of aliphatic carboxylic acids is 1. The minimum absolute atomic E-state index is 0.119. The monoisotopic (exact) mass is 263 g/mol. The summed E-state index contributed by atoms with van der Waals surface area (Å²) in [6.07, 6.45) is 2.13. The highest BCUT2D eigenvalue weighted by Crippen LogP contribution is 2.12. The van der Waals surface area contributed by atoms with Gasteiger partial charge in [-0.3, -0.25) is 9.69 Å². The topological polar surface area (TPSA) is 49.8 Å². The predicted octanol–water partition coefficient (Wildman–Crippen LogP) is 1.58. The normalized spacial score (nSPS) is 16.4. The van der Waals surface area contributed by atoms with Gasteiger partial charge in [0, 0.05) is 13.1 Å². The highest BCUT2D eigenvalue weighted by atomic mass is 16.5. The van der Waals surface area contributed by atoms with E-state index >= 15 is 0 Å². The Balaban J connectivity index is 1.83. The van der Waals surface area contributed by atoms with E-state index in [0.29, 0.717) is 0 Å². The molecule has 0 bridgehead atoms. The first-order valence-corrected chi connectivity index (χ1v) is 6.84. The summed E-state index contributed by atoms with van der Waals surface area (Å²) in [6.45, 7) is 4.74. The van der Waals surface area contributed by atoms with Gasteiger partial charge in [-0.15, -0.1) is 0 Å². The predicted molar refractivity (Wildman–Crippen MR) is 73.4 cm³/mol. The van der Waals surface area contributed by atoms with Gasteiger partial charge in [-0.1, -0.05) is 24.3 Å². The molecular formula is C15H21NO3. The van der Waals surface area contributed by atoms with Crippen LogP contribution in [-0.4, -0.2) is 48.8 Å². The van der Waals surface area contributed by atoms with Crippen molar-refractivity contribution in [3.63, 3.8) is 0 Å². The smallest absolute Gasteiger partial charge is 0.307 e. The lowest BCUT2D eigenvalue weighted by molar-refractivity contribution is -0.136. The third kappa shape index (κ3) is 4.65. The fourth-order valence-corrected chi connectivity index (χ4v) is 2.45. The van der Waals surface area contributed by atoms with E-state index in [1.54, 1.807) is 0 Å². The molecule has 1 fully saturated rings. The molecule has 0 spiro atoms. The molecular weight excluding hydrogens is 242 g/mol. The van der Waals surface area contributed by atoms with Crippen LogP contribution in [0, 0.1) is 0 Å². The Labute approximate surface area is 114 Å². The summed E-state index contributed by atoms with van der Waals surface area (Å²) >= 11 is 0. The number of nitrogens with zero attached hydrogens (tertiary/aromatic N) is 1. The molecule has 1 aliphatic rings. The average Bonchev–Trinajstić information content (AvgIpc) is 2.41. The van der Waals surface area contributed by atoms with Crippen LogP contribution in [0.15, 0.2) is 24.3 Å². The standard InChI is InChI=1S/C15H21NO3/c17-15(18)12-14-5-2-1-4-13(14)6-3-7-16-8-10-19-11-9-16/h1-2,4-5H,3,6-12H2,(H,17,18). The second-order valence-electron chi connectivity index (χ2n) is 4.90. The maximum Gasteiger partial charge on any atom is 0.307 e. The molecule has 0 amide bonds. The van der Waals surface area contributed by atoms with Gasteiger partial charge in [0.05, 0.1) is 19.6 Å². The molecule has 0 radical (unpaired) electrons. The Bertz CT molecular complexity index is 414. The largest absolute Gasteiger partial charge is 0.481 e. The summed E-state index contributed by atoms with van der Waals surface area (Å²) in [5.74, 6) is -0.763. The van der Waals surface area contributed by atoms with Gasteiger partial charge in [0.25, 0.3) is 0 Å². The molecule has 1 aromatic carbocycles. The van der Waals surface area contributed by atoms with Gasteiger partial charge in [0.1, 0.15) is 0 Å². The Morgan fingerprint density at radius 1 is 1.21 bits per heavy atom. The number of carboxylic acids is 1. The maximum atomic E-state index is 10.8. The van der Waals surface area contributed by atoms with Crippen molar-refractivity contribution < 1.29 is 14.6 Å². The van der Waals surface area contributed by atoms with E-state index in [-0.39, 0.29) is 6.42 Å². The minimum atomic E-state index is -0.763.